The first kappa shape index (κ1) is 62.9. The Morgan fingerprint density at radius 3 is 1.67 bits per heavy atom. The molecule has 9 heteroatoms. The second kappa shape index (κ2) is 42.3. The van der Waals surface area contributed by atoms with Crippen LogP contribution >= 0.6 is 0 Å². The van der Waals surface area contributed by atoms with Crippen LogP contribution < -0.4 is 16.0 Å². The Bertz CT molecular complexity index is 785. The minimum absolute atomic E-state index is 0.00476. The second-order valence-corrected chi connectivity index (χ2v) is 16.8. The van der Waals surface area contributed by atoms with Gasteiger partial charge < -0.3 is 30.3 Å². The highest BCUT2D eigenvalue weighted by atomic mass is 16.5. The first-order valence-electron chi connectivity index (χ1n) is 22.6. The number of nitrogens with one attached hydrogen (secondary N) is 3. The third kappa shape index (κ3) is 52.7. The van der Waals surface area contributed by atoms with E-state index in [1.165, 1.54) is 70.6 Å². The highest BCUT2D eigenvalue weighted by Crippen LogP contribution is 2.31. The zero-order chi connectivity index (χ0) is 43.9. The summed E-state index contributed by atoms with van der Waals surface area (Å²) in [5.41, 5.74) is -0.221. The van der Waals surface area contributed by atoms with Crippen LogP contribution in [0.15, 0.2) is 0 Å². The van der Waals surface area contributed by atoms with Crippen molar-refractivity contribution in [3.63, 3.8) is 0 Å². The molecule has 0 spiro atoms. The highest BCUT2D eigenvalue weighted by molar-refractivity contribution is 5.88. The lowest BCUT2D eigenvalue weighted by atomic mass is 9.86. The molecule has 0 aromatic heterocycles. The van der Waals surface area contributed by atoms with Crippen LogP contribution in [-0.4, -0.2) is 78.4 Å². The number of aliphatic hydroxyl groups is 2. The lowest BCUT2D eigenvalue weighted by molar-refractivity contribution is -0.129. The predicted octanol–water partition coefficient (Wildman–Crippen LogP) is 11.0. The van der Waals surface area contributed by atoms with E-state index in [4.69, 9.17) is 14.6 Å². The molecule has 0 aliphatic heterocycles. The molecule has 2 aliphatic carbocycles. The molecule has 2 rings (SSSR count). The van der Waals surface area contributed by atoms with E-state index in [9.17, 15) is 14.7 Å². The van der Waals surface area contributed by atoms with Crippen molar-refractivity contribution in [2.24, 2.45) is 17.8 Å². The van der Waals surface area contributed by atoms with E-state index < -0.39 is 12.3 Å². The zero-order valence-corrected chi connectivity index (χ0v) is 40.2. The molecule has 0 aromatic carbocycles. The maximum atomic E-state index is 12.2. The lowest BCUT2D eigenvalue weighted by Crippen LogP contribution is -2.50. The van der Waals surface area contributed by atoms with Gasteiger partial charge in [0.05, 0.1) is 30.5 Å². The van der Waals surface area contributed by atoms with Gasteiger partial charge >= 0.3 is 0 Å². The minimum Gasteiger partial charge on any atom is -0.400 e. The molecule has 5 N–H and O–H groups in total. The Morgan fingerprint density at radius 2 is 1.29 bits per heavy atom. The fourth-order valence-corrected chi connectivity index (χ4v) is 5.33. The molecule has 0 radical (unpaired) electrons. The number of rotatable bonds is 18. The summed E-state index contributed by atoms with van der Waals surface area (Å²) >= 11 is 0. The molecule has 55 heavy (non-hydrogen) atoms. The number of amides is 2. The number of hydrogen-bond acceptors (Lipinski definition) is 7. The Kier molecular flexibility index (Phi) is 48.4. The van der Waals surface area contributed by atoms with Gasteiger partial charge in [-0.1, -0.05) is 147 Å². The average Bonchev–Trinajstić information content (AvgIpc) is 3.98. The van der Waals surface area contributed by atoms with Gasteiger partial charge in [-0.3, -0.25) is 14.9 Å². The summed E-state index contributed by atoms with van der Waals surface area (Å²) in [5.74, 6) is 2.00. The molecule has 2 fully saturated rings. The van der Waals surface area contributed by atoms with Crippen molar-refractivity contribution in [1.82, 2.24) is 16.0 Å². The Balaban J connectivity index is -0.000000244. The largest absolute Gasteiger partial charge is 0.400 e. The van der Waals surface area contributed by atoms with E-state index in [0.29, 0.717) is 38.0 Å². The molecular formula is C46H101N3O6. The molecular weight excluding hydrogens is 691 g/mol. The fraction of sp³-hybridized carbons (Fsp3) is 0.957. The summed E-state index contributed by atoms with van der Waals surface area (Å²) in [6, 6.07) is -0.579. The van der Waals surface area contributed by atoms with Crippen molar-refractivity contribution >= 4 is 11.8 Å². The SMILES string of the molecule is CC.CC.CC(C)C.CCC(NC(=O)CNC(O)CC1CCCCC1)C(=O)NCCOC(C)(C)C.CCC1CC1.CCCCC(CCC)OC(C)(C)C.CO. The first-order chi connectivity index (χ1) is 25.9. The molecule has 0 aromatic rings. The number of aliphatic hydroxyl groups excluding tert-OH is 2. The molecule has 2 amide bonds. The number of carbonyl (C=O) groups excluding carboxylic acids is 2. The standard InChI is InChI=1S/C20H39N3O4.C12H26O.C5H10.C4H10.2C2H6.CH4O/c1-5-16(19(26)21-11-12-27-20(2,3)4)23-18(25)14-22-17(24)13-15-9-7-6-8-10-15;1-6-8-10-11(9-7-2)13-12(3,4)5;1-2-5-3-4-5;1-4(2)3;3*1-2/h15-17,22,24H,5-14H2,1-4H3,(H,21,26)(H,23,25);11H,6-10H2,1-5H3;5H,2-4H2,1H3;4H,1-3H3;2*1-2H3;2H,1H3. The van der Waals surface area contributed by atoms with Gasteiger partial charge in [0.25, 0.3) is 0 Å². The average molecular weight is 792 g/mol. The summed E-state index contributed by atoms with van der Waals surface area (Å²) in [5, 5.41) is 25.4. The lowest BCUT2D eigenvalue weighted by Gasteiger charge is -2.27. The Morgan fingerprint density at radius 1 is 0.764 bits per heavy atom. The van der Waals surface area contributed by atoms with Crippen LogP contribution in [-0.2, 0) is 19.1 Å². The minimum atomic E-state index is -0.678. The summed E-state index contributed by atoms with van der Waals surface area (Å²) < 4.78 is 11.5. The van der Waals surface area contributed by atoms with Gasteiger partial charge in [-0.25, -0.2) is 0 Å². The number of unbranched alkanes of at least 4 members (excludes halogenated alkanes) is 1. The van der Waals surface area contributed by atoms with Gasteiger partial charge in [-0.2, -0.15) is 0 Å². The van der Waals surface area contributed by atoms with Crippen LogP contribution in [0.3, 0.4) is 0 Å². The maximum Gasteiger partial charge on any atom is 0.242 e. The number of ether oxygens (including phenoxy) is 2. The first-order valence-corrected chi connectivity index (χ1v) is 22.6. The highest BCUT2D eigenvalue weighted by Gasteiger charge is 2.21. The summed E-state index contributed by atoms with van der Waals surface area (Å²) in [7, 11) is 1.00. The van der Waals surface area contributed by atoms with Gasteiger partial charge in [-0.05, 0) is 85.0 Å². The second-order valence-electron chi connectivity index (χ2n) is 16.8. The molecule has 0 heterocycles. The van der Waals surface area contributed by atoms with Crippen LogP contribution in [0, 0.1) is 17.8 Å². The summed E-state index contributed by atoms with van der Waals surface area (Å²) in [6.07, 6.45) is 17.7. The van der Waals surface area contributed by atoms with Crippen molar-refractivity contribution < 1.29 is 29.3 Å². The van der Waals surface area contributed by atoms with Crippen LogP contribution in [0.5, 0.6) is 0 Å². The van der Waals surface area contributed by atoms with Crippen molar-refractivity contribution in [3.05, 3.63) is 0 Å². The van der Waals surface area contributed by atoms with Crippen molar-refractivity contribution in [1.29, 1.82) is 0 Å². The maximum absolute atomic E-state index is 12.2. The normalized spacial score (nSPS) is 15.4. The van der Waals surface area contributed by atoms with Gasteiger partial charge in [0.1, 0.15) is 12.3 Å². The molecule has 336 valence electrons. The van der Waals surface area contributed by atoms with Crippen molar-refractivity contribution in [2.45, 2.75) is 244 Å². The van der Waals surface area contributed by atoms with Gasteiger partial charge in [-0.15, -0.1) is 0 Å². The molecule has 9 nitrogen and oxygen atoms in total. The summed E-state index contributed by atoms with van der Waals surface area (Å²) in [6.45, 7) is 36.2. The number of hydrogen-bond donors (Lipinski definition) is 5. The zero-order valence-electron chi connectivity index (χ0n) is 40.2. The van der Waals surface area contributed by atoms with E-state index in [0.717, 1.165) is 31.8 Å². The molecule has 0 bridgehead atoms. The topological polar surface area (TPSA) is 129 Å². The molecule has 0 saturated heterocycles. The smallest absolute Gasteiger partial charge is 0.242 e. The van der Waals surface area contributed by atoms with E-state index in [1.807, 2.05) is 55.4 Å². The van der Waals surface area contributed by atoms with E-state index in [-0.39, 0.29) is 29.6 Å². The van der Waals surface area contributed by atoms with Crippen LogP contribution in [0.1, 0.15) is 214 Å². The quantitative estimate of drug-likeness (QED) is 0.0690. The van der Waals surface area contributed by atoms with Crippen LogP contribution in [0.25, 0.3) is 0 Å². The van der Waals surface area contributed by atoms with Crippen molar-refractivity contribution in [3.8, 4) is 0 Å². The van der Waals surface area contributed by atoms with E-state index >= 15 is 0 Å². The Hall–Kier alpha value is -1.26. The van der Waals surface area contributed by atoms with Gasteiger partial charge in [0.2, 0.25) is 11.8 Å². The van der Waals surface area contributed by atoms with E-state index in [1.54, 1.807) is 0 Å². The molecule has 2 aliphatic rings. The summed E-state index contributed by atoms with van der Waals surface area (Å²) in [4.78, 5) is 24.3. The predicted molar refractivity (Wildman–Crippen MR) is 240 cm³/mol. The van der Waals surface area contributed by atoms with Crippen LogP contribution in [0.2, 0.25) is 0 Å². The molecule has 3 unspecified atom stereocenters. The van der Waals surface area contributed by atoms with Gasteiger partial charge in [0, 0.05) is 13.7 Å². The van der Waals surface area contributed by atoms with E-state index in [2.05, 4.69) is 78.3 Å². The monoisotopic (exact) mass is 792 g/mol. The third-order valence-corrected chi connectivity index (χ3v) is 8.06. The third-order valence-electron chi connectivity index (χ3n) is 8.06. The molecule has 3 atom stereocenters. The van der Waals surface area contributed by atoms with Crippen molar-refractivity contribution in [2.75, 3.05) is 26.8 Å². The fourth-order valence-electron chi connectivity index (χ4n) is 5.33. The number of carbonyl (C=O) groups is 2. The van der Waals surface area contributed by atoms with Crippen LogP contribution in [0.4, 0.5) is 0 Å². The Labute approximate surface area is 344 Å². The molecule has 2 saturated carbocycles. The van der Waals surface area contributed by atoms with Gasteiger partial charge in [0.15, 0.2) is 0 Å².